The normalized spacial score (nSPS) is 11.4. The first-order valence-electron chi connectivity index (χ1n) is 9.39. The maximum Gasteiger partial charge on any atom is 0.193 e. The average molecular weight is 354 g/mol. The van der Waals surface area contributed by atoms with Crippen LogP contribution in [0.2, 0.25) is 0 Å². The second-order valence-electron chi connectivity index (χ2n) is 6.30. The van der Waals surface area contributed by atoms with E-state index in [1.54, 1.807) is 0 Å². The molecule has 0 spiro atoms. The molecule has 5 heteroatoms. The topological polar surface area (TPSA) is 45.5 Å². The Morgan fingerprint density at radius 2 is 2.15 bits per heavy atom. The summed E-state index contributed by atoms with van der Waals surface area (Å²) < 4.78 is 2.20. The Balaban J connectivity index is 1.92. The number of nitrogens with one attached hydrogen (secondary N) is 1. The lowest BCUT2D eigenvalue weighted by atomic mass is 10.2. The van der Waals surface area contributed by atoms with Gasteiger partial charge in [0.1, 0.15) is 5.82 Å². The highest BCUT2D eigenvalue weighted by Crippen LogP contribution is 2.06. The molecule has 0 aliphatic rings. The molecule has 1 heterocycles. The van der Waals surface area contributed by atoms with Crippen LogP contribution in [-0.4, -0.2) is 47.1 Å². The van der Waals surface area contributed by atoms with E-state index in [2.05, 4.69) is 64.6 Å². The Hall–Kier alpha value is -2.56. The van der Waals surface area contributed by atoms with Crippen LogP contribution in [0.3, 0.4) is 0 Å². The highest BCUT2D eigenvalue weighted by Gasteiger charge is 2.06. The molecule has 0 amide bonds. The van der Waals surface area contributed by atoms with E-state index in [0.717, 1.165) is 57.2 Å². The Morgan fingerprint density at radius 3 is 2.88 bits per heavy atom. The molecule has 5 nitrogen and oxygen atoms in total. The van der Waals surface area contributed by atoms with E-state index in [9.17, 15) is 0 Å². The Kier molecular flexibility index (Phi) is 8.46. The minimum atomic E-state index is 0.722. The van der Waals surface area contributed by atoms with Crippen molar-refractivity contribution in [3.63, 3.8) is 0 Å². The first-order chi connectivity index (χ1) is 12.7. The zero-order valence-corrected chi connectivity index (χ0v) is 16.1. The smallest absolute Gasteiger partial charge is 0.193 e. The number of hydrogen-bond acceptors (Lipinski definition) is 2. The number of nitrogens with zero attached hydrogens (tertiary/aromatic N) is 4. The minimum absolute atomic E-state index is 0.722. The lowest BCUT2D eigenvalue weighted by Gasteiger charge is -2.21. The van der Waals surface area contributed by atoms with Crippen LogP contribution in [0.25, 0.3) is 0 Å². The molecular weight excluding hydrogens is 322 g/mol. The van der Waals surface area contributed by atoms with Gasteiger partial charge in [0.15, 0.2) is 5.96 Å². The van der Waals surface area contributed by atoms with Crippen LogP contribution in [0.4, 0.5) is 0 Å². The first-order valence-corrected chi connectivity index (χ1v) is 9.39. The van der Waals surface area contributed by atoms with Gasteiger partial charge in [0, 0.05) is 52.0 Å². The fraction of sp³-hybridized carbons (Fsp3) is 0.429. The van der Waals surface area contributed by atoms with Crippen LogP contribution in [0.15, 0.2) is 60.4 Å². The summed E-state index contributed by atoms with van der Waals surface area (Å²) in [4.78, 5) is 11.5. The Labute approximate surface area is 157 Å². The number of guanidine groups is 1. The maximum atomic E-state index is 4.77. The van der Waals surface area contributed by atoms with Crippen LogP contribution < -0.4 is 5.32 Å². The first kappa shape index (κ1) is 19.8. The fourth-order valence-electron chi connectivity index (χ4n) is 2.80. The number of imidazole rings is 1. The van der Waals surface area contributed by atoms with Crippen molar-refractivity contribution in [3.8, 4) is 0 Å². The number of aromatic nitrogens is 2. The summed E-state index contributed by atoms with van der Waals surface area (Å²) in [6.07, 6.45) is 8.82. The Bertz CT molecular complexity index is 675. The quantitative estimate of drug-likeness (QED) is 0.308. The molecule has 1 aromatic carbocycles. The molecule has 0 atom stereocenters. The molecule has 0 aliphatic carbocycles. The third kappa shape index (κ3) is 6.39. The fourth-order valence-corrected chi connectivity index (χ4v) is 2.80. The number of unbranched alkanes of at least 4 members (excludes halogenated alkanes) is 1. The van der Waals surface area contributed by atoms with Gasteiger partial charge in [0.25, 0.3) is 0 Å². The maximum absolute atomic E-state index is 4.77. The van der Waals surface area contributed by atoms with Crippen molar-refractivity contribution in [3.05, 3.63) is 66.8 Å². The predicted molar refractivity (Wildman–Crippen MR) is 110 cm³/mol. The number of rotatable bonds is 10. The van der Waals surface area contributed by atoms with E-state index >= 15 is 0 Å². The van der Waals surface area contributed by atoms with Gasteiger partial charge in [0.2, 0.25) is 0 Å². The van der Waals surface area contributed by atoms with E-state index in [-0.39, 0.29) is 0 Å². The van der Waals surface area contributed by atoms with E-state index in [4.69, 9.17) is 4.99 Å². The molecule has 0 bridgehead atoms. The molecule has 26 heavy (non-hydrogen) atoms. The van der Waals surface area contributed by atoms with E-state index in [1.807, 2.05) is 24.5 Å². The lowest BCUT2D eigenvalue weighted by molar-refractivity contribution is 0.470. The zero-order valence-electron chi connectivity index (χ0n) is 16.1. The van der Waals surface area contributed by atoms with E-state index < -0.39 is 0 Å². The van der Waals surface area contributed by atoms with E-state index in [0.29, 0.717) is 0 Å². The SMILES string of the molecule is C=CCCCN(C)C(=NCCc1nccn1Cc1ccccc1)NCC. The van der Waals surface area contributed by atoms with Crippen molar-refractivity contribution in [2.45, 2.75) is 32.7 Å². The molecule has 1 N–H and O–H groups in total. The molecule has 2 rings (SSSR count). The van der Waals surface area contributed by atoms with Gasteiger partial charge in [-0.15, -0.1) is 6.58 Å². The molecule has 2 aromatic rings. The second kappa shape index (κ2) is 11.1. The highest BCUT2D eigenvalue weighted by molar-refractivity contribution is 5.79. The molecular formula is C21H31N5. The predicted octanol–water partition coefficient (Wildman–Crippen LogP) is 3.34. The van der Waals surface area contributed by atoms with Crippen molar-refractivity contribution in [2.24, 2.45) is 4.99 Å². The summed E-state index contributed by atoms with van der Waals surface area (Å²) in [6, 6.07) is 10.5. The summed E-state index contributed by atoms with van der Waals surface area (Å²) in [6.45, 7) is 9.29. The van der Waals surface area contributed by atoms with Gasteiger partial charge in [-0.25, -0.2) is 4.98 Å². The average Bonchev–Trinajstić information content (AvgIpc) is 3.09. The molecule has 0 aliphatic heterocycles. The van der Waals surface area contributed by atoms with Crippen LogP contribution >= 0.6 is 0 Å². The molecule has 0 saturated heterocycles. The monoisotopic (exact) mass is 353 g/mol. The van der Waals surface area contributed by atoms with Crippen molar-refractivity contribution >= 4 is 5.96 Å². The Morgan fingerprint density at radius 1 is 1.35 bits per heavy atom. The molecule has 0 radical (unpaired) electrons. The van der Waals surface area contributed by atoms with Crippen molar-refractivity contribution in [2.75, 3.05) is 26.7 Å². The molecule has 1 aromatic heterocycles. The van der Waals surface area contributed by atoms with Gasteiger partial charge < -0.3 is 14.8 Å². The third-order valence-electron chi connectivity index (χ3n) is 4.19. The molecule has 0 unspecified atom stereocenters. The van der Waals surface area contributed by atoms with Crippen molar-refractivity contribution in [1.29, 1.82) is 0 Å². The number of benzene rings is 1. The van der Waals surface area contributed by atoms with Crippen LogP contribution in [-0.2, 0) is 13.0 Å². The van der Waals surface area contributed by atoms with Gasteiger partial charge in [-0.3, -0.25) is 4.99 Å². The molecule has 140 valence electrons. The number of allylic oxidation sites excluding steroid dienone is 1. The minimum Gasteiger partial charge on any atom is -0.357 e. The number of aliphatic imine (C=N–C) groups is 1. The van der Waals surface area contributed by atoms with Gasteiger partial charge in [-0.1, -0.05) is 36.4 Å². The van der Waals surface area contributed by atoms with Crippen molar-refractivity contribution < 1.29 is 0 Å². The standard InChI is InChI=1S/C21H31N5/c1-4-6-10-16-25(3)21(22-5-2)24-14-13-20-23-15-17-26(20)18-19-11-8-7-9-12-19/h4,7-9,11-12,15,17H,1,5-6,10,13-14,16,18H2,2-3H3,(H,22,24). The van der Waals surface area contributed by atoms with Gasteiger partial charge in [0.05, 0.1) is 0 Å². The summed E-state index contributed by atoms with van der Waals surface area (Å²) in [5.74, 6) is 2.03. The summed E-state index contributed by atoms with van der Waals surface area (Å²) >= 11 is 0. The lowest BCUT2D eigenvalue weighted by Crippen LogP contribution is -2.39. The molecule has 0 fully saturated rings. The second-order valence-corrected chi connectivity index (χ2v) is 6.30. The van der Waals surface area contributed by atoms with E-state index in [1.165, 1.54) is 5.56 Å². The van der Waals surface area contributed by atoms with Gasteiger partial charge in [-0.2, -0.15) is 0 Å². The third-order valence-corrected chi connectivity index (χ3v) is 4.19. The van der Waals surface area contributed by atoms with Crippen molar-refractivity contribution in [1.82, 2.24) is 19.8 Å². The molecule has 0 saturated carbocycles. The van der Waals surface area contributed by atoms with Crippen LogP contribution in [0.5, 0.6) is 0 Å². The summed E-state index contributed by atoms with van der Waals surface area (Å²) in [5, 5.41) is 3.37. The van der Waals surface area contributed by atoms with Gasteiger partial charge in [-0.05, 0) is 25.3 Å². The van der Waals surface area contributed by atoms with Gasteiger partial charge >= 0.3 is 0 Å². The zero-order chi connectivity index (χ0) is 18.6. The summed E-state index contributed by atoms with van der Waals surface area (Å²) in [5.41, 5.74) is 1.28. The largest absolute Gasteiger partial charge is 0.357 e. The highest BCUT2D eigenvalue weighted by atomic mass is 15.3. The number of hydrogen-bond donors (Lipinski definition) is 1. The van der Waals surface area contributed by atoms with Crippen LogP contribution in [0.1, 0.15) is 31.2 Å². The summed E-state index contributed by atoms with van der Waals surface area (Å²) in [7, 11) is 2.08. The van der Waals surface area contributed by atoms with Crippen LogP contribution in [0, 0.1) is 0 Å².